The fraction of sp³-hybridized carbons (Fsp3) is 0.250. The van der Waals surface area contributed by atoms with Crippen LogP contribution in [-0.4, -0.2) is 36.6 Å². The molecule has 0 spiro atoms. The number of sulfonamides is 1. The lowest BCUT2D eigenvalue weighted by Gasteiger charge is -2.13. The second-order valence-corrected chi connectivity index (χ2v) is 5.89. The van der Waals surface area contributed by atoms with Gasteiger partial charge in [0, 0.05) is 0 Å². The minimum absolute atomic E-state index is 0.146. The molecule has 9 heteroatoms. The third-order valence-electron chi connectivity index (χ3n) is 2.48. The molecule has 1 rings (SSSR count). The number of hydrogen-bond acceptors (Lipinski definition) is 5. The molecule has 0 saturated heterocycles. The Balaban J connectivity index is 2.93. The van der Waals surface area contributed by atoms with Gasteiger partial charge in [0.05, 0.1) is 23.8 Å². The molecular formula is C12H12N2O6S. The monoisotopic (exact) mass is 312 g/mol. The molecule has 0 bridgehead atoms. The van der Waals surface area contributed by atoms with E-state index in [0.717, 1.165) is 0 Å². The lowest BCUT2D eigenvalue weighted by atomic mass is 10.1. The Morgan fingerprint density at radius 2 is 1.90 bits per heavy atom. The normalized spacial score (nSPS) is 12.3. The van der Waals surface area contributed by atoms with Crippen molar-refractivity contribution >= 4 is 22.0 Å². The van der Waals surface area contributed by atoms with Gasteiger partial charge in [-0.05, 0) is 11.6 Å². The summed E-state index contributed by atoms with van der Waals surface area (Å²) in [6.07, 6.45) is -0.880. The van der Waals surface area contributed by atoms with Crippen LogP contribution in [0.3, 0.4) is 0 Å². The number of benzene rings is 1. The first kappa shape index (κ1) is 16.6. The molecule has 0 aliphatic carbocycles. The fourth-order valence-electron chi connectivity index (χ4n) is 1.57. The highest BCUT2D eigenvalue weighted by Crippen LogP contribution is 2.11. The molecule has 1 atom stereocenters. The maximum absolute atomic E-state index is 11.9. The minimum Gasteiger partial charge on any atom is -0.481 e. The van der Waals surface area contributed by atoms with E-state index in [0.29, 0.717) is 0 Å². The number of carboxylic acids is 2. The van der Waals surface area contributed by atoms with Gasteiger partial charge in [0.2, 0.25) is 10.0 Å². The van der Waals surface area contributed by atoms with Crippen LogP contribution in [-0.2, 0) is 25.4 Å². The highest BCUT2D eigenvalue weighted by atomic mass is 32.2. The second kappa shape index (κ2) is 6.83. The Labute approximate surface area is 120 Å². The molecular weight excluding hydrogens is 300 g/mol. The van der Waals surface area contributed by atoms with E-state index < -0.39 is 40.2 Å². The van der Waals surface area contributed by atoms with E-state index >= 15 is 0 Å². The van der Waals surface area contributed by atoms with E-state index in [1.165, 1.54) is 18.2 Å². The third kappa shape index (κ3) is 5.21. The molecule has 3 N–H and O–H groups in total. The molecule has 0 aromatic heterocycles. The van der Waals surface area contributed by atoms with Crippen LogP contribution < -0.4 is 4.72 Å². The largest absolute Gasteiger partial charge is 0.481 e. The Morgan fingerprint density at radius 1 is 1.29 bits per heavy atom. The van der Waals surface area contributed by atoms with Gasteiger partial charge in [-0.3, -0.25) is 9.59 Å². The summed E-state index contributed by atoms with van der Waals surface area (Å²) >= 11 is 0. The number of aliphatic carboxylic acids is 2. The Hall–Kier alpha value is -2.44. The smallest absolute Gasteiger partial charge is 0.322 e. The molecule has 0 saturated carbocycles. The maximum atomic E-state index is 11.9. The first-order valence-corrected chi connectivity index (χ1v) is 7.33. The van der Waals surface area contributed by atoms with Crippen LogP contribution in [0.2, 0.25) is 0 Å². The quantitative estimate of drug-likeness (QED) is 0.637. The fourth-order valence-corrected chi connectivity index (χ4v) is 2.93. The van der Waals surface area contributed by atoms with E-state index in [1.807, 2.05) is 6.07 Å². The molecule has 0 fully saturated rings. The molecule has 0 aliphatic heterocycles. The van der Waals surface area contributed by atoms with Crippen molar-refractivity contribution in [2.24, 2.45) is 0 Å². The van der Waals surface area contributed by atoms with Gasteiger partial charge in [-0.2, -0.15) is 5.26 Å². The highest BCUT2D eigenvalue weighted by molar-refractivity contribution is 7.88. The van der Waals surface area contributed by atoms with Crippen molar-refractivity contribution in [1.29, 1.82) is 5.26 Å². The van der Waals surface area contributed by atoms with Crippen molar-refractivity contribution in [1.82, 2.24) is 4.72 Å². The van der Waals surface area contributed by atoms with Gasteiger partial charge >= 0.3 is 11.9 Å². The summed E-state index contributed by atoms with van der Waals surface area (Å²) in [5.74, 6) is -3.64. The van der Waals surface area contributed by atoms with Crippen molar-refractivity contribution < 1.29 is 28.2 Å². The molecule has 8 nitrogen and oxygen atoms in total. The summed E-state index contributed by atoms with van der Waals surface area (Å²) < 4.78 is 25.6. The highest BCUT2D eigenvalue weighted by Gasteiger charge is 2.27. The molecule has 1 aromatic carbocycles. The summed E-state index contributed by atoms with van der Waals surface area (Å²) in [4.78, 5) is 21.4. The summed E-state index contributed by atoms with van der Waals surface area (Å²) in [6, 6.07) is 6.01. The second-order valence-electron chi connectivity index (χ2n) is 4.13. The predicted octanol–water partition coefficient (Wildman–Crippen LogP) is -0.0944. The minimum atomic E-state index is -4.10. The summed E-state index contributed by atoms with van der Waals surface area (Å²) in [6.45, 7) is 0. The van der Waals surface area contributed by atoms with Gasteiger partial charge in [0.15, 0.2) is 0 Å². The number of carboxylic acid groups (broad SMARTS) is 2. The molecule has 0 heterocycles. The van der Waals surface area contributed by atoms with Crippen LogP contribution in [0.4, 0.5) is 0 Å². The van der Waals surface area contributed by atoms with E-state index in [4.69, 9.17) is 15.5 Å². The van der Waals surface area contributed by atoms with E-state index in [9.17, 15) is 18.0 Å². The van der Waals surface area contributed by atoms with E-state index in [1.54, 1.807) is 10.8 Å². The molecule has 21 heavy (non-hydrogen) atoms. The van der Waals surface area contributed by atoms with Gasteiger partial charge in [-0.1, -0.05) is 18.2 Å². The maximum Gasteiger partial charge on any atom is 0.322 e. The lowest BCUT2D eigenvalue weighted by Crippen LogP contribution is -2.42. The zero-order valence-corrected chi connectivity index (χ0v) is 11.5. The van der Waals surface area contributed by atoms with Crippen molar-refractivity contribution in [2.45, 2.75) is 18.2 Å². The predicted molar refractivity (Wildman–Crippen MR) is 70.6 cm³/mol. The zero-order chi connectivity index (χ0) is 16.0. The molecule has 0 radical (unpaired) electrons. The number of nitrogens with one attached hydrogen (secondary N) is 1. The van der Waals surface area contributed by atoms with Gasteiger partial charge < -0.3 is 10.2 Å². The lowest BCUT2D eigenvalue weighted by molar-refractivity contribution is -0.145. The zero-order valence-electron chi connectivity index (χ0n) is 10.7. The van der Waals surface area contributed by atoms with Crippen LogP contribution in [0.25, 0.3) is 0 Å². The van der Waals surface area contributed by atoms with Gasteiger partial charge in [0.25, 0.3) is 0 Å². The number of nitriles is 1. The van der Waals surface area contributed by atoms with Crippen LogP contribution >= 0.6 is 0 Å². The standard InChI is InChI=1S/C12H12N2O6S/c13-6-8-3-1-2-4-9(8)7-21(19,20)14-10(12(17)18)5-11(15)16/h1-4,10,14H,5,7H2,(H,15,16)(H,17,18)/t10-/m1/s1. The number of hydrogen-bond donors (Lipinski definition) is 3. The van der Waals surface area contributed by atoms with Crippen LogP contribution in [0.1, 0.15) is 17.5 Å². The van der Waals surface area contributed by atoms with Gasteiger partial charge in [0.1, 0.15) is 6.04 Å². The number of rotatable bonds is 7. The van der Waals surface area contributed by atoms with E-state index in [2.05, 4.69) is 0 Å². The Kier molecular flexibility index (Phi) is 5.40. The Bertz CT molecular complexity index is 692. The Morgan fingerprint density at radius 3 is 2.43 bits per heavy atom. The van der Waals surface area contributed by atoms with Crippen LogP contribution in [0.15, 0.2) is 24.3 Å². The van der Waals surface area contributed by atoms with Crippen molar-refractivity contribution in [3.63, 3.8) is 0 Å². The molecule has 112 valence electrons. The van der Waals surface area contributed by atoms with Gasteiger partial charge in [-0.15, -0.1) is 0 Å². The molecule has 0 unspecified atom stereocenters. The number of carbonyl (C=O) groups is 2. The average molecular weight is 312 g/mol. The SMILES string of the molecule is N#Cc1ccccc1CS(=O)(=O)N[C@H](CC(=O)O)C(=O)O. The van der Waals surface area contributed by atoms with Crippen LogP contribution in [0, 0.1) is 11.3 Å². The molecule has 1 aromatic rings. The topological polar surface area (TPSA) is 145 Å². The van der Waals surface area contributed by atoms with Crippen LogP contribution in [0.5, 0.6) is 0 Å². The molecule has 0 aliphatic rings. The summed E-state index contributed by atoms with van der Waals surface area (Å²) in [5, 5.41) is 26.2. The molecule has 0 amide bonds. The van der Waals surface area contributed by atoms with Gasteiger partial charge in [-0.25, -0.2) is 13.1 Å². The summed E-state index contributed by atoms with van der Waals surface area (Å²) in [7, 11) is -4.10. The third-order valence-corrected chi connectivity index (χ3v) is 3.82. The van der Waals surface area contributed by atoms with Crippen molar-refractivity contribution in [2.75, 3.05) is 0 Å². The average Bonchev–Trinajstić information content (AvgIpc) is 2.37. The van der Waals surface area contributed by atoms with E-state index in [-0.39, 0.29) is 11.1 Å². The number of nitrogens with zero attached hydrogens (tertiary/aromatic N) is 1. The van der Waals surface area contributed by atoms with Crippen molar-refractivity contribution in [3.05, 3.63) is 35.4 Å². The first-order valence-electron chi connectivity index (χ1n) is 5.68. The first-order chi connectivity index (χ1) is 9.75. The van der Waals surface area contributed by atoms with Crippen molar-refractivity contribution in [3.8, 4) is 6.07 Å². The summed E-state index contributed by atoms with van der Waals surface area (Å²) in [5.41, 5.74) is 0.347.